The molecule has 2 aliphatic heterocycles. The van der Waals surface area contributed by atoms with Crippen molar-refractivity contribution in [2.45, 2.75) is 5.41 Å². The minimum Gasteiger partial charge on any atom is -0.456 e. The summed E-state index contributed by atoms with van der Waals surface area (Å²) in [7, 11) is -3.50. The zero-order chi connectivity index (χ0) is 38.3. The summed E-state index contributed by atoms with van der Waals surface area (Å²) in [5, 5.41) is 23.9. The number of furan rings is 1. The van der Waals surface area contributed by atoms with Gasteiger partial charge < -0.3 is 13.9 Å². The first-order valence-electron chi connectivity index (χ1n) is 18.7. The van der Waals surface area contributed by atoms with Crippen LogP contribution in [0, 0.1) is 22.7 Å². The van der Waals surface area contributed by atoms with Crippen molar-refractivity contribution in [3.05, 3.63) is 210 Å². The van der Waals surface area contributed by atoms with Crippen LogP contribution in [0.15, 0.2) is 180 Å². The number of para-hydroxylation sites is 3. The highest BCUT2D eigenvalue weighted by Crippen LogP contribution is 2.63. The van der Waals surface area contributed by atoms with E-state index >= 15 is 4.57 Å². The molecule has 9 aromatic rings. The molecular weight excluding hydrogens is 720 g/mol. The molecule has 0 fully saturated rings. The number of fused-ring (bicyclic) bond motifs is 11. The van der Waals surface area contributed by atoms with E-state index in [1.54, 1.807) is 12.1 Å². The Kier molecular flexibility index (Phi) is 7.07. The van der Waals surface area contributed by atoms with E-state index < -0.39 is 12.6 Å². The molecule has 0 N–H and O–H groups in total. The van der Waals surface area contributed by atoms with Gasteiger partial charge in [-0.2, -0.15) is 10.5 Å². The first kappa shape index (κ1) is 32.9. The maximum Gasteiger partial charge on any atom is 0.171 e. The van der Waals surface area contributed by atoms with Gasteiger partial charge in [0.25, 0.3) is 0 Å². The van der Waals surface area contributed by atoms with E-state index in [9.17, 15) is 10.5 Å². The minimum atomic E-state index is -3.50. The molecule has 0 amide bonds. The van der Waals surface area contributed by atoms with Crippen molar-refractivity contribution in [1.82, 2.24) is 4.98 Å². The Morgan fingerprint density at radius 2 is 1.18 bits per heavy atom. The first-order chi connectivity index (χ1) is 28.0. The lowest BCUT2D eigenvalue weighted by atomic mass is 9.61. The van der Waals surface area contributed by atoms with Crippen molar-refractivity contribution < 1.29 is 8.98 Å². The molecular formula is C50H29N4O2P. The van der Waals surface area contributed by atoms with Crippen LogP contribution in [0.3, 0.4) is 0 Å². The van der Waals surface area contributed by atoms with Crippen LogP contribution in [0.5, 0.6) is 0 Å². The van der Waals surface area contributed by atoms with Gasteiger partial charge in [-0.05, 0) is 88.0 Å². The average molecular weight is 749 g/mol. The molecule has 7 heteroatoms. The molecule has 0 bridgehead atoms. The third-order valence-corrected chi connectivity index (χ3v) is 14.7. The van der Waals surface area contributed by atoms with Crippen molar-refractivity contribution in [3.63, 3.8) is 0 Å². The van der Waals surface area contributed by atoms with Gasteiger partial charge in [-0.3, -0.25) is 0 Å². The van der Waals surface area contributed by atoms with Crippen molar-refractivity contribution in [2.75, 3.05) is 4.90 Å². The summed E-state index contributed by atoms with van der Waals surface area (Å²) in [5.41, 5.74) is 9.22. The molecule has 2 unspecified atom stereocenters. The summed E-state index contributed by atoms with van der Waals surface area (Å²) in [4.78, 5) is 6.50. The summed E-state index contributed by atoms with van der Waals surface area (Å²) in [6.45, 7) is 0. The number of rotatable bonds is 3. The second-order valence-electron chi connectivity index (χ2n) is 14.4. The van der Waals surface area contributed by atoms with Crippen LogP contribution in [0.4, 0.5) is 17.1 Å². The van der Waals surface area contributed by atoms with E-state index in [4.69, 9.17) is 4.42 Å². The van der Waals surface area contributed by atoms with Gasteiger partial charge in [0.2, 0.25) is 0 Å². The highest BCUT2D eigenvalue weighted by Gasteiger charge is 2.55. The van der Waals surface area contributed by atoms with Crippen LogP contribution in [0.25, 0.3) is 33.1 Å². The number of nitriles is 2. The monoisotopic (exact) mass is 748 g/mol. The van der Waals surface area contributed by atoms with Gasteiger partial charge in [0.1, 0.15) is 34.7 Å². The Bertz CT molecular complexity index is 3240. The standard InChI is InChI=1S/C50H29N4O2P/c51-30-34-25-33(26-35(31-52)53-34)32-23-24-41-45(27-32)54(36-13-3-1-4-14-36)44-20-10-8-18-40(44)50(41)42-19-9-12-22-48(42)57(55,37-15-5-2-6-16-37)49-29-47-39(28-43(49)50)38-17-7-11-21-46(38)56-47/h1-29H. The molecule has 0 saturated carbocycles. The van der Waals surface area contributed by atoms with E-state index in [1.165, 1.54) is 0 Å². The molecule has 4 heterocycles. The van der Waals surface area contributed by atoms with E-state index in [2.05, 4.69) is 101 Å². The van der Waals surface area contributed by atoms with Crippen LogP contribution in [-0.4, -0.2) is 4.98 Å². The number of hydrogen-bond donors (Lipinski definition) is 0. The maximum atomic E-state index is 16.5. The van der Waals surface area contributed by atoms with Gasteiger partial charge in [-0.25, -0.2) is 4.98 Å². The minimum absolute atomic E-state index is 0.173. The maximum absolute atomic E-state index is 16.5. The quantitative estimate of drug-likeness (QED) is 0.167. The van der Waals surface area contributed by atoms with Crippen LogP contribution in [0.1, 0.15) is 33.6 Å². The summed E-state index contributed by atoms with van der Waals surface area (Å²) in [6.07, 6.45) is 0. The molecule has 57 heavy (non-hydrogen) atoms. The summed E-state index contributed by atoms with van der Waals surface area (Å²) in [6, 6.07) is 63.3. The summed E-state index contributed by atoms with van der Waals surface area (Å²) in [5.74, 6) is 0. The molecule has 2 aromatic heterocycles. The lowest BCUT2D eigenvalue weighted by molar-refractivity contribution is 0.590. The number of anilines is 3. The molecule has 11 rings (SSSR count). The second-order valence-corrected chi connectivity index (χ2v) is 17.1. The van der Waals surface area contributed by atoms with E-state index in [-0.39, 0.29) is 11.4 Å². The molecule has 1 spiro atoms. The molecule has 0 aliphatic carbocycles. The normalized spacial score (nSPS) is 17.6. The fourth-order valence-electron chi connectivity index (χ4n) is 9.30. The van der Waals surface area contributed by atoms with Crippen LogP contribution in [0.2, 0.25) is 0 Å². The highest BCUT2D eigenvalue weighted by molar-refractivity contribution is 7.85. The number of aromatic nitrogens is 1. The van der Waals surface area contributed by atoms with Gasteiger partial charge in [0.15, 0.2) is 7.14 Å². The fourth-order valence-corrected chi connectivity index (χ4v) is 12.5. The Labute approximate surface area is 328 Å². The number of nitrogens with zero attached hydrogens (tertiary/aromatic N) is 4. The number of benzene rings is 7. The zero-order valence-electron chi connectivity index (χ0n) is 30.3. The Balaban J connectivity index is 1.33. The van der Waals surface area contributed by atoms with E-state index in [0.717, 1.165) is 77.1 Å². The first-order valence-corrected chi connectivity index (χ1v) is 20.4. The summed E-state index contributed by atoms with van der Waals surface area (Å²) >= 11 is 0. The van der Waals surface area contributed by atoms with Crippen LogP contribution < -0.4 is 20.8 Å². The molecule has 0 radical (unpaired) electrons. The van der Waals surface area contributed by atoms with Gasteiger partial charge in [0, 0.05) is 32.4 Å². The van der Waals surface area contributed by atoms with Crippen molar-refractivity contribution in [2.24, 2.45) is 0 Å². The van der Waals surface area contributed by atoms with E-state index in [0.29, 0.717) is 11.1 Å². The third kappa shape index (κ3) is 4.51. The Morgan fingerprint density at radius 3 is 1.95 bits per heavy atom. The Morgan fingerprint density at radius 1 is 0.526 bits per heavy atom. The molecule has 266 valence electrons. The lowest BCUT2D eigenvalue weighted by Crippen LogP contribution is -2.49. The highest BCUT2D eigenvalue weighted by atomic mass is 31.2. The molecule has 2 aliphatic rings. The molecule has 7 aromatic carbocycles. The number of pyridine rings is 1. The predicted molar refractivity (Wildman–Crippen MR) is 226 cm³/mol. The summed E-state index contributed by atoms with van der Waals surface area (Å²) < 4.78 is 23.1. The van der Waals surface area contributed by atoms with Crippen molar-refractivity contribution in [1.29, 1.82) is 10.5 Å². The van der Waals surface area contributed by atoms with Gasteiger partial charge in [0.05, 0.1) is 16.8 Å². The van der Waals surface area contributed by atoms with Gasteiger partial charge in [-0.15, -0.1) is 0 Å². The lowest BCUT2D eigenvalue weighted by Gasteiger charge is -2.50. The fraction of sp³-hybridized carbons (Fsp3) is 0.0200. The van der Waals surface area contributed by atoms with Gasteiger partial charge in [-0.1, -0.05) is 121 Å². The Hall–Kier alpha value is -7.50. The largest absolute Gasteiger partial charge is 0.456 e. The van der Waals surface area contributed by atoms with Crippen LogP contribution >= 0.6 is 7.14 Å². The zero-order valence-corrected chi connectivity index (χ0v) is 31.2. The van der Waals surface area contributed by atoms with Crippen LogP contribution in [-0.2, 0) is 9.98 Å². The molecule has 0 saturated heterocycles. The van der Waals surface area contributed by atoms with Crippen molar-refractivity contribution >= 4 is 62.1 Å². The predicted octanol–water partition coefficient (Wildman–Crippen LogP) is 10.5. The SMILES string of the molecule is N#Cc1cc(-c2ccc3c(c2)N(c2ccccc2)c2ccccc2C32c3ccccc3P(=O)(c3ccccc3)c3cc4oc5ccccc5c4cc32)cc(C#N)n1. The van der Waals surface area contributed by atoms with E-state index in [1.807, 2.05) is 84.9 Å². The average Bonchev–Trinajstić information content (AvgIpc) is 3.65. The van der Waals surface area contributed by atoms with Gasteiger partial charge >= 0.3 is 0 Å². The smallest absolute Gasteiger partial charge is 0.171 e. The van der Waals surface area contributed by atoms with Crippen molar-refractivity contribution in [3.8, 4) is 23.3 Å². The number of hydrogen-bond acceptors (Lipinski definition) is 6. The molecule has 2 atom stereocenters. The molecule has 6 nitrogen and oxygen atoms in total. The topological polar surface area (TPSA) is 93.9 Å². The second kappa shape index (κ2) is 12.3. The third-order valence-electron chi connectivity index (χ3n) is 11.6.